The van der Waals surface area contributed by atoms with Crippen LogP contribution in [0.4, 0.5) is 4.79 Å². The quantitative estimate of drug-likeness (QED) is 0.384. The van der Waals surface area contributed by atoms with Crippen molar-refractivity contribution < 1.29 is 29.1 Å². The molecule has 0 fully saturated rings. The number of nitriles is 1. The number of rotatable bonds is 11. The third kappa shape index (κ3) is 6.11. The third-order valence-electron chi connectivity index (χ3n) is 5.66. The summed E-state index contributed by atoms with van der Waals surface area (Å²) in [5, 5.41) is 20.8. The Bertz CT molecular complexity index is 1030. The second-order valence-corrected chi connectivity index (χ2v) is 7.93. The Morgan fingerprint density at radius 1 is 1.09 bits per heavy atom. The highest BCUT2D eigenvalue weighted by Gasteiger charge is 2.30. The topological polar surface area (TPSA) is 129 Å². The van der Waals surface area contributed by atoms with Crippen molar-refractivity contribution in [1.82, 2.24) is 10.4 Å². The highest BCUT2D eigenvalue weighted by atomic mass is 16.7. The summed E-state index contributed by atoms with van der Waals surface area (Å²) >= 11 is 0. The van der Waals surface area contributed by atoms with E-state index in [9.17, 15) is 14.4 Å². The average Bonchev–Trinajstić information content (AvgIpc) is 3.16. The summed E-state index contributed by atoms with van der Waals surface area (Å²) in [6.07, 6.45) is 0.905. The van der Waals surface area contributed by atoms with Crippen molar-refractivity contribution in [3.05, 3.63) is 59.7 Å². The molecule has 178 valence electrons. The molecule has 0 saturated heterocycles. The van der Waals surface area contributed by atoms with Crippen LogP contribution in [0.2, 0.25) is 0 Å². The molecule has 0 heterocycles. The number of hydrogen-bond donors (Lipinski definition) is 2. The van der Waals surface area contributed by atoms with Gasteiger partial charge in [-0.25, -0.2) is 14.7 Å². The normalized spacial score (nSPS) is 12.7. The summed E-state index contributed by atoms with van der Waals surface area (Å²) in [4.78, 5) is 41.0. The fourth-order valence-electron chi connectivity index (χ4n) is 4.03. The van der Waals surface area contributed by atoms with Crippen LogP contribution < -0.4 is 5.32 Å². The lowest BCUT2D eigenvalue weighted by Gasteiger charge is -2.23. The van der Waals surface area contributed by atoms with Gasteiger partial charge in [-0.3, -0.25) is 9.63 Å². The van der Waals surface area contributed by atoms with Crippen LogP contribution in [0.25, 0.3) is 11.1 Å². The summed E-state index contributed by atoms with van der Waals surface area (Å²) in [7, 11) is 1.28. The number of carbonyl (C=O) groups excluding carboxylic acids is 2. The van der Waals surface area contributed by atoms with E-state index in [0.717, 1.165) is 27.3 Å². The molecule has 2 amide bonds. The number of carbonyl (C=O) groups is 3. The number of unbranched alkanes of at least 4 members (excludes halogenated alkanes) is 2. The Hall–Kier alpha value is -3.90. The van der Waals surface area contributed by atoms with E-state index in [1.165, 1.54) is 7.05 Å². The first kappa shape index (κ1) is 24.7. The van der Waals surface area contributed by atoms with Gasteiger partial charge in [0.1, 0.15) is 12.6 Å². The Morgan fingerprint density at radius 2 is 1.71 bits per heavy atom. The first-order chi connectivity index (χ1) is 16.4. The number of benzene rings is 2. The lowest BCUT2D eigenvalue weighted by Crippen LogP contribution is -2.48. The smallest absolute Gasteiger partial charge is 0.407 e. The van der Waals surface area contributed by atoms with Gasteiger partial charge in [0.25, 0.3) is 5.91 Å². The van der Waals surface area contributed by atoms with Gasteiger partial charge in [0.05, 0.1) is 6.07 Å². The molecule has 0 spiro atoms. The van der Waals surface area contributed by atoms with Gasteiger partial charge in [-0.1, -0.05) is 48.5 Å². The maximum absolute atomic E-state index is 12.7. The molecule has 2 aromatic rings. The van der Waals surface area contributed by atoms with Crippen LogP contribution >= 0.6 is 0 Å². The van der Waals surface area contributed by atoms with E-state index in [4.69, 9.17) is 19.9 Å². The van der Waals surface area contributed by atoms with E-state index in [-0.39, 0.29) is 18.9 Å². The van der Waals surface area contributed by atoms with Gasteiger partial charge in [0.2, 0.25) is 0 Å². The Labute approximate surface area is 197 Å². The zero-order valence-electron chi connectivity index (χ0n) is 18.9. The summed E-state index contributed by atoms with van der Waals surface area (Å²) in [6, 6.07) is 17.0. The van der Waals surface area contributed by atoms with Crippen LogP contribution in [-0.2, 0) is 19.2 Å². The van der Waals surface area contributed by atoms with Crippen molar-refractivity contribution in [3.8, 4) is 17.2 Å². The molecule has 9 nitrogen and oxygen atoms in total. The minimum absolute atomic E-state index is 0.0978. The number of carboxylic acid groups (broad SMARTS) is 1. The number of ether oxygens (including phenoxy) is 1. The van der Waals surface area contributed by atoms with Crippen LogP contribution in [0.15, 0.2) is 48.5 Å². The molecule has 0 aliphatic heterocycles. The number of amides is 2. The second-order valence-electron chi connectivity index (χ2n) is 7.93. The minimum atomic E-state index is -1.23. The molecule has 0 bridgehead atoms. The molecule has 1 atom stereocenters. The monoisotopic (exact) mass is 465 g/mol. The highest BCUT2D eigenvalue weighted by Crippen LogP contribution is 2.44. The molecule has 0 aromatic heterocycles. The number of alkyl carbamates (subject to hydrolysis) is 1. The molecule has 2 N–H and O–H groups in total. The predicted molar refractivity (Wildman–Crippen MR) is 122 cm³/mol. The fraction of sp³-hybridized carbons (Fsp3) is 0.360. The van der Waals surface area contributed by atoms with Gasteiger partial charge in [0.15, 0.2) is 6.61 Å². The van der Waals surface area contributed by atoms with Crippen molar-refractivity contribution in [3.63, 3.8) is 0 Å². The van der Waals surface area contributed by atoms with E-state index < -0.39 is 30.6 Å². The van der Waals surface area contributed by atoms with Crippen LogP contribution in [0.5, 0.6) is 0 Å². The van der Waals surface area contributed by atoms with Gasteiger partial charge in [0, 0.05) is 19.4 Å². The van der Waals surface area contributed by atoms with Crippen molar-refractivity contribution >= 4 is 18.0 Å². The van der Waals surface area contributed by atoms with E-state index in [0.29, 0.717) is 19.3 Å². The molecule has 1 aliphatic carbocycles. The predicted octanol–water partition coefficient (Wildman–Crippen LogP) is 3.45. The molecule has 1 aliphatic rings. The van der Waals surface area contributed by atoms with E-state index >= 15 is 0 Å². The first-order valence-corrected chi connectivity index (χ1v) is 11.0. The SMILES string of the molecule is CN(OCC(=O)O)C(=O)C(CCCCC#N)NC(=O)OCC1c2ccccc2-c2ccccc21. The highest BCUT2D eigenvalue weighted by molar-refractivity contribution is 5.85. The second kappa shape index (κ2) is 11.8. The third-order valence-corrected chi connectivity index (χ3v) is 5.66. The fourth-order valence-corrected chi connectivity index (χ4v) is 4.03. The van der Waals surface area contributed by atoms with Gasteiger partial charge in [-0.2, -0.15) is 5.26 Å². The van der Waals surface area contributed by atoms with Crippen LogP contribution in [0, 0.1) is 11.3 Å². The molecule has 1 unspecified atom stereocenters. The number of hydrogen-bond acceptors (Lipinski definition) is 6. The lowest BCUT2D eigenvalue weighted by molar-refractivity contribution is -0.187. The molecule has 2 aromatic carbocycles. The number of nitrogens with one attached hydrogen (secondary N) is 1. The van der Waals surface area contributed by atoms with Crippen molar-refractivity contribution in [2.24, 2.45) is 0 Å². The summed E-state index contributed by atoms with van der Waals surface area (Å²) in [6.45, 7) is -0.588. The molecule has 0 saturated carbocycles. The first-order valence-electron chi connectivity index (χ1n) is 11.0. The molecule has 34 heavy (non-hydrogen) atoms. The van der Waals surface area contributed by atoms with Crippen LogP contribution in [-0.4, -0.2) is 54.4 Å². The average molecular weight is 466 g/mol. The largest absolute Gasteiger partial charge is 0.479 e. The maximum Gasteiger partial charge on any atom is 0.407 e. The van der Waals surface area contributed by atoms with Crippen LogP contribution in [0.1, 0.15) is 42.7 Å². The number of likely N-dealkylation sites (N-methyl/N-ethyl adjacent to an activating group) is 1. The number of nitrogens with zero attached hydrogens (tertiary/aromatic N) is 2. The molecular formula is C25H27N3O6. The Morgan fingerprint density at radius 3 is 2.29 bits per heavy atom. The molecule has 3 rings (SSSR count). The van der Waals surface area contributed by atoms with Crippen molar-refractivity contribution in [2.75, 3.05) is 20.3 Å². The van der Waals surface area contributed by atoms with Gasteiger partial charge < -0.3 is 15.2 Å². The number of carboxylic acids is 1. The summed E-state index contributed by atoms with van der Waals surface area (Å²) in [5.74, 6) is -1.95. The Kier molecular flexibility index (Phi) is 8.60. The summed E-state index contributed by atoms with van der Waals surface area (Å²) < 4.78 is 5.52. The zero-order valence-corrected chi connectivity index (χ0v) is 18.9. The number of aliphatic carboxylic acids is 1. The minimum Gasteiger partial charge on any atom is -0.479 e. The van der Waals surface area contributed by atoms with E-state index in [2.05, 4.69) is 5.32 Å². The Balaban J connectivity index is 1.64. The van der Waals surface area contributed by atoms with Gasteiger partial charge in [-0.05, 0) is 41.5 Å². The molecule has 0 radical (unpaired) electrons. The number of hydroxylamine groups is 2. The van der Waals surface area contributed by atoms with E-state index in [1.807, 2.05) is 54.6 Å². The van der Waals surface area contributed by atoms with Gasteiger partial charge >= 0.3 is 12.1 Å². The van der Waals surface area contributed by atoms with Crippen LogP contribution in [0.3, 0.4) is 0 Å². The molecular weight excluding hydrogens is 438 g/mol. The zero-order chi connectivity index (χ0) is 24.5. The van der Waals surface area contributed by atoms with Crippen molar-refractivity contribution in [1.29, 1.82) is 5.26 Å². The molecule has 9 heteroatoms. The maximum atomic E-state index is 12.7. The number of fused-ring (bicyclic) bond motifs is 3. The standard InChI is InChI=1S/C25H27N3O6/c1-28(34-16-23(29)30)24(31)22(13-3-2-8-14-26)27-25(32)33-15-21-19-11-6-4-9-17(19)18-10-5-7-12-20(18)21/h4-7,9-12,21-22H,2-3,8,13,15-16H2,1H3,(H,27,32)(H,29,30). The van der Waals surface area contributed by atoms with Gasteiger partial charge in [-0.15, -0.1) is 0 Å². The van der Waals surface area contributed by atoms with Crippen molar-refractivity contribution in [2.45, 2.75) is 37.6 Å². The van der Waals surface area contributed by atoms with E-state index in [1.54, 1.807) is 0 Å². The lowest BCUT2D eigenvalue weighted by atomic mass is 9.98. The summed E-state index contributed by atoms with van der Waals surface area (Å²) in [5.41, 5.74) is 4.36.